The highest BCUT2D eigenvalue weighted by atomic mass is 35.5. The molecule has 1 heterocycles. The summed E-state index contributed by atoms with van der Waals surface area (Å²) in [6.45, 7) is 0.477. The van der Waals surface area contributed by atoms with Crippen molar-refractivity contribution in [3.8, 4) is 11.4 Å². The lowest BCUT2D eigenvalue weighted by molar-refractivity contribution is 0.653. The van der Waals surface area contributed by atoms with Crippen LogP contribution in [0.25, 0.3) is 11.4 Å². The van der Waals surface area contributed by atoms with E-state index in [-0.39, 0.29) is 0 Å². The first-order chi connectivity index (χ1) is 10.1. The van der Waals surface area contributed by atoms with Crippen LogP contribution in [0.2, 0.25) is 15.1 Å². The molecule has 2 aromatic carbocycles. The van der Waals surface area contributed by atoms with Gasteiger partial charge in [0.25, 0.3) is 0 Å². The van der Waals surface area contributed by atoms with Crippen LogP contribution in [0, 0.1) is 0 Å². The molecule has 3 rings (SSSR count). The molecule has 0 amide bonds. The van der Waals surface area contributed by atoms with E-state index in [1.54, 1.807) is 22.9 Å². The maximum Gasteiger partial charge on any atom is 0.183 e. The molecule has 0 unspecified atom stereocenters. The molecule has 0 atom stereocenters. The molecule has 0 spiro atoms. The van der Waals surface area contributed by atoms with Crippen LogP contribution in [-0.2, 0) is 6.54 Å². The average molecular weight is 340 g/mol. The van der Waals surface area contributed by atoms with Gasteiger partial charge in [0, 0.05) is 5.56 Å². The number of aromatic nitrogens is 4. The Bertz CT molecular complexity index is 785. The van der Waals surface area contributed by atoms with Gasteiger partial charge in [-0.3, -0.25) is 0 Å². The highest BCUT2D eigenvalue weighted by Crippen LogP contribution is 2.27. The van der Waals surface area contributed by atoms with Crippen LogP contribution in [0.4, 0.5) is 0 Å². The zero-order valence-corrected chi connectivity index (χ0v) is 12.9. The highest BCUT2D eigenvalue weighted by Gasteiger charge is 2.12. The number of hydrogen-bond acceptors (Lipinski definition) is 3. The van der Waals surface area contributed by atoms with Gasteiger partial charge in [0.1, 0.15) is 0 Å². The molecule has 1 aromatic heterocycles. The third-order valence-electron chi connectivity index (χ3n) is 2.96. The fourth-order valence-corrected chi connectivity index (χ4v) is 2.50. The van der Waals surface area contributed by atoms with Gasteiger partial charge in [-0.1, -0.05) is 53.0 Å². The Hall–Kier alpha value is -1.62. The van der Waals surface area contributed by atoms with E-state index in [1.165, 1.54) is 0 Å². The van der Waals surface area contributed by atoms with Crippen LogP contribution < -0.4 is 0 Å². The maximum atomic E-state index is 6.19. The van der Waals surface area contributed by atoms with Crippen molar-refractivity contribution in [2.24, 2.45) is 0 Å². The van der Waals surface area contributed by atoms with Gasteiger partial charge >= 0.3 is 0 Å². The van der Waals surface area contributed by atoms with Crippen molar-refractivity contribution in [1.29, 1.82) is 0 Å². The SMILES string of the molecule is Clc1ccc(Cn2nnnc2-c2ccccc2Cl)cc1Cl. The summed E-state index contributed by atoms with van der Waals surface area (Å²) in [5.74, 6) is 0.603. The van der Waals surface area contributed by atoms with E-state index in [4.69, 9.17) is 34.8 Å². The van der Waals surface area contributed by atoms with E-state index in [0.29, 0.717) is 27.4 Å². The van der Waals surface area contributed by atoms with Crippen molar-refractivity contribution in [2.45, 2.75) is 6.54 Å². The normalized spacial score (nSPS) is 10.8. The van der Waals surface area contributed by atoms with E-state index in [1.807, 2.05) is 24.3 Å². The van der Waals surface area contributed by atoms with Crippen LogP contribution >= 0.6 is 34.8 Å². The second-order valence-electron chi connectivity index (χ2n) is 4.39. The lowest BCUT2D eigenvalue weighted by atomic mass is 10.2. The molecule has 4 nitrogen and oxygen atoms in total. The zero-order valence-electron chi connectivity index (χ0n) is 10.7. The Morgan fingerprint density at radius 2 is 1.71 bits per heavy atom. The van der Waals surface area contributed by atoms with Crippen LogP contribution in [-0.4, -0.2) is 20.2 Å². The molecule has 0 aliphatic carbocycles. The van der Waals surface area contributed by atoms with Crippen LogP contribution in [0.5, 0.6) is 0 Å². The van der Waals surface area contributed by atoms with Gasteiger partial charge in [0.2, 0.25) is 0 Å². The van der Waals surface area contributed by atoms with E-state index >= 15 is 0 Å². The second kappa shape index (κ2) is 6.02. The molecule has 0 radical (unpaired) electrons. The van der Waals surface area contributed by atoms with Gasteiger partial charge in [0.15, 0.2) is 5.82 Å². The van der Waals surface area contributed by atoms with Crippen LogP contribution in [0.3, 0.4) is 0 Å². The summed E-state index contributed by atoms with van der Waals surface area (Å²) in [6, 6.07) is 12.8. The topological polar surface area (TPSA) is 43.6 Å². The smallest absolute Gasteiger partial charge is 0.183 e. The molecule has 21 heavy (non-hydrogen) atoms. The fraction of sp³-hybridized carbons (Fsp3) is 0.0714. The number of rotatable bonds is 3. The first-order valence-electron chi connectivity index (χ1n) is 6.10. The number of hydrogen-bond donors (Lipinski definition) is 0. The summed E-state index contributed by atoms with van der Waals surface area (Å²) in [5, 5.41) is 13.4. The standard InChI is InChI=1S/C14H9Cl3N4/c15-11-4-2-1-3-10(11)14-18-19-20-21(14)8-9-5-6-12(16)13(17)7-9/h1-7H,8H2. The molecule has 106 valence electrons. The van der Waals surface area contributed by atoms with Gasteiger partial charge in [-0.05, 0) is 40.3 Å². The first-order valence-corrected chi connectivity index (χ1v) is 7.23. The van der Waals surface area contributed by atoms with Crippen molar-refractivity contribution in [3.05, 3.63) is 63.1 Å². The van der Waals surface area contributed by atoms with Gasteiger partial charge < -0.3 is 0 Å². The van der Waals surface area contributed by atoms with Gasteiger partial charge in [0.05, 0.1) is 21.6 Å². The molecule has 0 saturated heterocycles. The van der Waals surface area contributed by atoms with E-state index in [9.17, 15) is 0 Å². The minimum absolute atomic E-state index is 0.477. The molecule has 7 heteroatoms. The third-order valence-corrected chi connectivity index (χ3v) is 4.03. The monoisotopic (exact) mass is 338 g/mol. The largest absolute Gasteiger partial charge is 0.221 e. The number of tetrazole rings is 1. The van der Waals surface area contributed by atoms with Crippen molar-refractivity contribution in [2.75, 3.05) is 0 Å². The Morgan fingerprint density at radius 1 is 0.905 bits per heavy atom. The molecule has 0 fully saturated rings. The summed E-state index contributed by atoms with van der Waals surface area (Å²) < 4.78 is 1.67. The van der Waals surface area contributed by atoms with Crippen molar-refractivity contribution >= 4 is 34.8 Å². The molecule has 3 aromatic rings. The minimum Gasteiger partial charge on any atom is -0.221 e. The summed E-state index contributed by atoms with van der Waals surface area (Å²) in [4.78, 5) is 0. The summed E-state index contributed by atoms with van der Waals surface area (Å²) in [6.07, 6.45) is 0. The van der Waals surface area contributed by atoms with Crippen molar-refractivity contribution in [3.63, 3.8) is 0 Å². The van der Waals surface area contributed by atoms with Crippen molar-refractivity contribution in [1.82, 2.24) is 20.2 Å². The lowest BCUT2D eigenvalue weighted by Gasteiger charge is -2.07. The molecule has 0 aliphatic rings. The van der Waals surface area contributed by atoms with Crippen molar-refractivity contribution < 1.29 is 0 Å². The first kappa shape index (κ1) is 14.3. The predicted molar refractivity (Wildman–Crippen MR) is 83.8 cm³/mol. The number of benzene rings is 2. The fourth-order valence-electron chi connectivity index (χ4n) is 1.96. The molecule has 0 aliphatic heterocycles. The summed E-state index contributed by atoms with van der Waals surface area (Å²) in [7, 11) is 0. The van der Waals surface area contributed by atoms with E-state index in [2.05, 4.69) is 15.5 Å². The molecular weight excluding hydrogens is 331 g/mol. The van der Waals surface area contributed by atoms with E-state index in [0.717, 1.165) is 11.1 Å². The zero-order chi connectivity index (χ0) is 14.8. The highest BCUT2D eigenvalue weighted by molar-refractivity contribution is 6.42. The Balaban J connectivity index is 1.96. The molecule has 0 N–H and O–H groups in total. The quantitative estimate of drug-likeness (QED) is 0.712. The summed E-state index contributed by atoms with van der Waals surface area (Å²) >= 11 is 18.1. The van der Waals surface area contributed by atoms with Gasteiger partial charge in [-0.2, -0.15) is 0 Å². The average Bonchev–Trinajstić information content (AvgIpc) is 2.91. The Morgan fingerprint density at radius 3 is 2.48 bits per heavy atom. The lowest BCUT2D eigenvalue weighted by Crippen LogP contribution is -2.04. The predicted octanol–water partition coefficient (Wildman–Crippen LogP) is 4.35. The molecular formula is C14H9Cl3N4. The second-order valence-corrected chi connectivity index (χ2v) is 5.61. The number of halogens is 3. The van der Waals surface area contributed by atoms with Gasteiger partial charge in [-0.15, -0.1) is 5.10 Å². The Kier molecular flexibility index (Phi) is 4.10. The van der Waals surface area contributed by atoms with Crippen LogP contribution in [0.15, 0.2) is 42.5 Å². The van der Waals surface area contributed by atoms with Crippen LogP contribution in [0.1, 0.15) is 5.56 Å². The minimum atomic E-state index is 0.477. The summed E-state index contributed by atoms with van der Waals surface area (Å²) in [5.41, 5.74) is 1.73. The molecule has 0 saturated carbocycles. The third kappa shape index (κ3) is 3.02. The maximum absolute atomic E-state index is 6.19. The van der Waals surface area contributed by atoms with Gasteiger partial charge in [-0.25, -0.2) is 4.68 Å². The number of nitrogens with zero attached hydrogens (tertiary/aromatic N) is 4. The Labute approximate surface area is 136 Å². The molecule has 0 bridgehead atoms. The van der Waals surface area contributed by atoms with E-state index < -0.39 is 0 Å².